The van der Waals surface area contributed by atoms with E-state index in [9.17, 15) is 19.2 Å². The fraction of sp³-hybridized carbons (Fsp3) is 0.714. The highest BCUT2D eigenvalue weighted by molar-refractivity contribution is 6.36. The zero-order valence-corrected chi connectivity index (χ0v) is 12.0. The van der Waals surface area contributed by atoms with E-state index in [1.165, 1.54) is 0 Å². The van der Waals surface area contributed by atoms with E-state index in [1.807, 2.05) is 13.8 Å². The van der Waals surface area contributed by atoms with E-state index in [0.29, 0.717) is 12.8 Å². The first-order valence-electron chi connectivity index (χ1n) is 6.92. The lowest BCUT2D eigenvalue weighted by molar-refractivity contribution is -0.159. The van der Waals surface area contributed by atoms with Gasteiger partial charge in [-0.1, -0.05) is 33.1 Å². The standard InChI is InChI=1S/C14H22O6/c1-3-5-7-10(6-4-2)20-14(19)12(16)9-8-11(15)13(17)18/h10H,3-9H2,1-2H3,(H,17,18). The molecule has 0 aromatic rings. The van der Waals surface area contributed by atoms with Crippen LogP contribution in [0.25, 0.3) is 0 Å². The summed E-state index contributed by atoms with van der Waals surface area (Å²) < 4.78 is 5.10. The van der Waals surface area contributed by atoms with Crippen LogP contribution in [-0.4, -0.2) is 34.7 Å². The fourth-order valence-electron chi connectivity index (χ4n) is 1.67. The lowest BCUT2D eigenvalue weighted by Crippen LogP contribution is -2.25. The maximum Gasteiger partial charge on any atom is 0.374 e. The van der Waals surface area contributed by atoms with Crippen LogP contribution in [0.1, 0.15) is 58.8 Å². The lowest BCUT2D eigenvalue weighted by atomic mass is 10.1. The number of aliphatic carboxylic acids is 1. The molecule has 6 heteroatoms. The molecule has 0 aliphatic heterocycles. The van der Waals surface area contributed by atoms with Crippen LogP contribution < -0.4 is 0 Å². The molecule has 0 amide bonds. The summed E-state index contributed by atoms with van der Waals surface area (Å²) in [6.45, 7) is 3.98. The maximum atomic E-state index is 11.5. The zero-order valence-electron chi connectivity index (χ0n) is 12.0. The quantitative estimate of drug-likeness (QED) is 0.460. The number of carboxylic acid groups (broad SMARTS) is 1. The van der Waals surface area contributed by atoms with Crippen LogP contribution >= 0.6 is 0 Å². The second-order valence-electron chi connectivity index (χ2n) is 4.61. The van der Waals surface area contributed by atoms with Gasteiger partial charge in [0.2, 0.25) is 11.6 Å². The zero-order chi connectivity index (χ0) is 15.5. The highest BCUT2D eigenvalue weighted by Gasteiger charge is 2.22. The van der Waals surface area contributed by atoms with Crippen molar-refractivity contribution in [3.8, 4) is 0 Å². The fourth-order valence-corrected chi connectivity index (χ4v) is 1.67. The summed E-state index contributed by atoms with van der Waals surface area (Å²) in [6.07, 6.45) is 2.93. The van der Waals surface area contributed by atoms with E-state index >= 15 is 0 Å². The van der Waals surface area contributed by atoms with Gasteiger partial charge in [0.1, 0.15) is 6.10 Å². The largest absolute Gasteiger partial charge is 0.476 e. The van der Waals surface area contributed by atoms with Crippen molar-refractivity contribution in [2.75, 3.05) is 0 Å². The monoisotopic (exact) mass is 286 g/mol. The molecule has 0 rings (SSSR count). The molecule has 0 fully saturated rings. The lowest BCUT2D eigenvalue weighted by Gasteiger charge is -2.16. The molecule has 0 bridgehead atoms. The molecular formula is C14H22O6. The number of carboxylic acids is 1. The van der Waals surface area contributed by atoms with Gasteiger partial charge in [0.25, 0.3) is 0 Å². The molecule has 6 nitrogen and oxygen atoms in total. The van der Waals surface area contributed by atoms with Crippen LogP contribution in [0, 0.1) is 0 Å². The minimum Gasteiger partial charge on any atom is -0.476 e. The van der Waals surface area contributed by atoms with Crippen LogP contribution in [0.3, 0.4) is 0 Å². The van der Waals surface area contributed by atoms with Gasteiger partial charge in [0, 0.05) is 12.8 Å². The molecule has 0 saturated heterocycles. The highest BCUT2D eigenvalue weighted by atomic mass is 16.5. The summed E-state index contributed by atoms with van der Waals surface area (Å²) in [4.78, 5) is 44.1. The Morgan fingerprint density at radius 2 is 1.55 bits per heavy atom. The molecule has 0 radical (unpaired) electrons. The highest BCUT2D eigenvalue weighted by Crippen LogP contribution is 2.12. The summed E-state index contributed by atoms with van der Waals surface area (Å²) in [7, 11) is 0. The van der Waals surface area contributed by atoms with Gasteiger partial charge in [-0.2, -0.15) is 0 Å². The number of hydrogen-bond acceptors (Lipinski definition) is 5. The van der Waals surface area contributed by atoms with Crippen molar-refractivity contribution in [3.05, 3.63) is 0 Å². The topological polar surface area (TPSA) is 97.7 Å². The number of carbonyl (C=O) groups excluding carboxylic acids is 3. The second kappa shape index (κ2) is 10.1. The third kappa shape index (κ3) is 7.66. The van der Waals surface area contributed by atoms with Gasteiger partial charge in [-0.25, -0.2) is 9.59 Å². The van der Waals surface area contributed by atoms with Crippen LogP contribution in [0.4, 0.5) is 0 Å². The molecule has 0 spiro atoms. The van der Waals surface area contributed by atoms with Crippen LogP contribution in [0.15, 0.2) is 0 Å². The Morgan fingerprint density at radius 3 is 2.05 bits per heavy atom. The number of rotatable bonds is 11. The Kier molecular flexibility index (Phi) is 9.24. The van der Waals surface area contributed by atoms with Gasteiger partial charge in [0.15, 0.2) is 0 Å². The number of unbranched alkanes of at least 4 members (excludes halogenated alkanes) is 1. The molecule has 0 aliphatic carbocycles. The van der Waals surface area contributed by atoms with Crippen molar-refractivity contribution in [1.29, 1.82) is 0 Å². The van der Waals surface area contributed by atoms with E-state index in [4.69, 9.17) is 9.84 Å². The van der Waals surface area contributed by atoms with Gasteiger partial charge in [-0.3, -0.25) is 9.59 Å². The number of ether oxygens (including phenoxy) is 1. The van der Waals surface area contributed by atoms with Crippen molar-refractivity contribution in [3.63, 3.8) is 0 Å². The minimum absolute atomic E-state index is 0.286. The predicted octanol–water partition coefficient (Wildman–Crippen LogP) is 1.89. The van der Waals surface area contributed by atoms with Gasteiger partial charge in [0.05, 0.1) is 0 Å². The van der Waals surface area contributed by atoms with E-state index in [-0.39, 0.29) is 6.10 Å². The second-order valence-corrected chi connectivity index (χ2v) is 4.61. The number of esters is 1. The molecule has 0 aromatic carbocycles. The van der Waals surface area contributed by atoms with E-state index in [2.05, 4.69) is 0 Å². The number of carbonyl (C=O) groups is 4. The van der Waals surface area contributed by atoms with Crippen molar-refractivity contribution >= 4 is 23.5 Å². The summed E-state index contributed by atoms with van der Waals surface area (Å²) in [5, 5.41) is 8.37. The molecule has 1 atom stereocenters. The number of ketones is 2. The van der Waals surface area contributed by atoms with E-state index in [0.717, 1.165) is 19.3 Å². The van der Waals surface area contributed by atoms with Crippen molar-refractivity contribution in [2.24, 2.45) is 0 Å². The molecule has 0 aliphatic rings. The summed E-state index contributed by atoms with van der Waals surface area (Å²) in [6, 6.07) is 0. The molecule has 0 saturated carbocycles. The average molecular weight is 286 g/mol. The minimum atomic E-state index is -1.60. The smallest absolute Gasteiger partial charge is 0.374 e. The Bertz CT molecular complexity index is 361. The molecule has 20 heavy (non-hydrogen) atoms. The average Bonchev–Trinajstić information content (AvgIpc) is 2.41. The van der Waals surface area contributed by atoms with E-state index < -0.39 is 36.3 Å². The van der Waals surface area contributed by atoms with Gasteiger partial charge >= 0.3 is 11.9 Å². The first kappa shape index (κ1) is 18.3. The summed E-state index contributed by atoms with van der Waals surface area (Å²) in [5.74, 6) is -4.50. The molecule has 114 valence electrons. The Hall–Kier alpha value is -1.72. The Labute approximate surface area is 118 Å². The van der Waals surface area contributed by atoms with Crippen molar-refractivity contribution in [1.82, 2.24) is 0 Å². The Morgan fingerprint density at radius 1 is 0.950 bits per heavy atom. The van der Waals surface area contributed by atoms with Gasteiger partial charge < -0.3 is 9.84 Å². The Balaban J connectivity index is 4.23. The van der Waals surface area contributed by atoms with Crippen LogP contribution in [0.5, 0.6) is 0 Å². The van der Waals surface area contributed by atoms with Crippen molar-refractivity contribution in [2.45, 2.75) is 64.9 Å². The molecule has 0 heterocycles. The maximum absolute atomic E-state index is 11.5. The van der Waals surface area contributed by atoms with Crippen molar-refractivity contribution < 1.29 is 29.0 Å². The molecular weight excluding hydrogens is 264 g/mol. The predicted molar refractivity (Wildman–Crippen MR) is 71.2 cm³/mol. The van der Waals surface area contributed by atoms with Crippen LogP contribution in [-0.2, 0) is 23.9 Å². The summed E-state index contributed by atoms with van der Waals surface area (Å²) in [5.41, 5.74) is 0. The van der Waals surface area contributed by atoms with Crippen LogP contribution in [0.2, 0.25) is 0 Å². The number of Topliss-reactive ketones (excluding diaryl/α,β-unsaturated/α-hetero) is 2. The third-order valence-electron chi connectivity index (χ3n) is 2.81. The first-order chi connectivity index (χ1) is 9.42. The first-order valence-corrected chi connectivity index (χ1v) is 6.92. The van der Waals surface area contributed by atoms with Gasteiger partial charge in [-0.15, -0.1) is 0 Å². The third-order valence-corrected chi connectivity index (χ3v) is 2.81. The SMILES string of the molecule is CCCCC(CCC)OC(=O)C(=O)CCC(=O)C(=O)O. The molecule has 1 unspecified atom stereocenters. The molecule has 1 N–H and O–H groups in total. The normalized spacial score (nSPS) is 11.7. The molecule has 0 aromatic heterocycles. The summed E-state index contributed by atoms with van der Waals surface area (Å²) >= 11 is 0. The number of hydrogen-bond donors (Lipinski definition) is 1. The van der Waals surface area contributed by atoms with E-state index in [1.54, 1.807) is 0 Å². The van der Waals surface area contributed by atoms with Gasteiger partial charge in [-0.05, 0) is 12.8 Å².